The Morgan fingerprint density at radius 3 is 2.62 bits per heavy atom. The van der Waals surface area contributed by atoms with Crippen LogP contribution in [0.2, 0.25) is 0 Å². The predicted molar refractivity (Wildman–Crippen MR) is 114 cm³/mol. The molecule has 150 valence electrons. The molecular formula is C22H22N2O4S. The van der Waals surface area contributed by atoms with Crippen molar-refractivity contribution in [1.82, 2.24) is 9.88 Å². The molecule has 0 saturated carbocycles. The Morgan fingerprint density at radius 2 is 1.90 bits per heavy atom. The molecule has 3 rings (SSSR count). The van der Waals surface area contributed by atoms with Crippen molar-refractivity contribution in [3.8, 4) is 5.75 Å². The number of carbonyl (C=O) groups excluding carboxylic acids is 2. The molecule has 0 aliphatic rings. The van der Waals surface area contributed by atoms with Crippen LogP contribution in [-0.2, 0) is 20.9 Å². The first-order chi connectivity index (χ1) is 14.0. The summed E-state index contributed by atoms with van der Waals surface area (Å²) in [4.78, 5) is 30.1. The van der Waals surface area contributed by atoms with Gasteiger partial charge in [-0.25, -0.2) is 9.78 Å². The van der Waals surface area contributed by atoms with E-state index >= 15 is 0 Å². The van der Waals surface area contributed by atoms with Crippen LogP contribution < -0.4 is 4.74 Å². The van der Waals surface area contributed by atoms with Gasteiger partial charge in [-0.2, -0.15) is 0 Å². The third-order valence-corrected chi connectivity index (χ3v) is 5.10. The maximum Gasteiger partial charge on any atom is 0.331 e. The molecule has 0 aliphatic heterocycles. The van der Waals surface area contributed by atoms with E-state index in [9.17, 15) is 9.59 Å². The largest absolute Gasteiger partial charge is 0.494 e. The SMILES string of the molecule is CCOc1ccc(/C=C/C(=O)OCC(=O)N(C)Cc2nc3ccccc3s2)cc1. The summed E-state index contributed by atoms with van der Waals surface area (Å²) in [6.07, 6.45) is 2.93. The zero-order chi connectivity index (χ0) is 20.6. The molecule has 1 heterocycles. The number of ether oxygens (including phenoxy) is 2. The Bertz CT molecular complexity index is 978. The second kappa shape index (κ2) is 9.84. The maximum absolute atomic E-state index is 12.2. The van der Waals surface area contributed by atoms with Crippen LogP contribution in [0.5, 0.6) is 5.75 Å². The first-order valence-corrected chi connectivity index (χ1v) is 10.0. The second-order valence-corrected chi connectivity index (χ2v) is 7.38. The van der Waals surface area contributed by atoms with E-state index in [-0.39, 0.29) is 12.5 Å². The number of hydrogen-bond acceptors (Lipinski definition) is 6. The quantitative estimate of drug-likeness (QED) is 0.416. The first-order valence-electron chi connectivity index (χ1n) is 9.21. The van der Waals surface area contributed by atoms with E-state index in [2.05, 4.69) is 4.98 Å². The van der Waals surface area contributed by atoms with Crippen molar-refractivity contribution < 1.29 is 19.1 Å². The predicted octanol–water partition coefficient (Wildman–Crippen LogP) is 3.91. The van der Waals surface area contributed by atoms with Gasteiger partial charge in [0.1, 0.15) is 10.8 Å². The molecule has 29 heavy (non-hydrogen) atoms. The van der Waals surface area contributed by atoms with Crippen LogP contribution in [0.25, 0.3) is 16.3 Å². The van der Waals surface area contributed by atoms with Crippen molar-refractivity contribution in [2.75, 3.05) is 20.3 Å². The fraction of sp³-hybridized carbons (Fsp3) is 0.227. The van der Waals surface area contributed by atoms with Gasteiger partial charge < -0.3 is 14.4 Å². The Labute approximate surface area is 173 Å². The van der Waals surface area contributed by atoms with Crippen LogP contribution in [0.15, 0.2) is 54.6 Å². The molecule has 0 fully saturated rings. The number of benzene rings is 2. The molecule has 1 amide bonds. The molecule has 0 atom stereocenters. The summed E-state index contributed by atoms with van der Waals surface area (Å²) >= 11 is 1.54. The van der Waals surface area contributed by atoms with Gasteiger partial charge in [-0.3, -0.25) is 4.79 Å². The standard InChI is InChI=1S/C22H22N2O4S/c1-3-27-17-11-8-16(9-12-17)10-13-22(26)28-15-21(25)24(2)14-20-23-18-6-4-5-7-19(18)29-20/h4-13H,3,14-15H2,1-2H3/b13-10+. The average Bonchev–Trinajstić information content (AvgIpc) is 3.14. The minimum atomic E-state index is -0.569. The number of aromatic nitrogens is 1. The second-order valence-electron chi connectivity index (χ2n) is 6.27. The number of carbonyl (C=O) groups is 2. The molecule has 0 N–H and O–H groups in total. The van der Waals surface area contributed by atoms with Gasteiger partial charge in [0.25, 0.3) is 5.91 Å². The van der Waals surface area contributed by atoms with E-state index < -0.39 is 5.97 Å². The smallest absolute Gasteiger partial charge is 0.331 e. The van der Waals surface area contributed by atoms with E-state index in [0.717, 1.165) is 26.5 Å². The highest BCUT2D eigenvalue weighted by atomic mass is 32.1. The van der Waals surface area contributed by atoms with Crippen molar-refractivity contribution >= 4 is 39.5 Å². The van der Waals surface area contributed by atoms with E-state index in [4.69, 9.17) is 9.47 Å². The number of hydrogen-bond donors (Lipinski definition) is 0. The minimum absolute atomic E-state index is 0.285. The van der Waals surface area contributed by atoms with Crippen molar-refractivity contribution in [2.45, 2.75) is 13.5 Å². The summed E-state index contributed by atoms with van der Waals surface area (Å²) in [6, 6.07) is 15.2. The number of likely N-dealkylation sites (N-methyl/N-ethyl adjacent to an activating group) is 1. The minimum Gasteiger partial charge on any atom is -0.494 e. The Morgan fingerprint density at radius 1 is 1.14 bits per heavy atom. The van der Waals surface area contributed by atoms with Gasteiger partial charge in [-0.1, -0.05) is 24.3 Å². The number of fused-ring (bicyclic) bond motifs is 1. The highest BCUT2D eigenvalue weighted by Gasteiger charge is 2.13. The molecule has 1 aromatic heterocycles. The van der Waals surface area contributed by atoms with E-state index in [0.29, 0.717) is 13.2 Å². The van der Waals surface area contributed by atoms with Crippen LogP contribution >= 0.6 is 11.3 Å². The van der Waals surface area contributed by atoms with E-state index in [1.165, 1.54) is 11.0 Å². The summed E-state index contributed by atoms with van der Waals surface area (Å²) in [5.41, 5.74) is 1.75. The monoisotopic (exact) mass is 410 g/mol. The summed E-state index contributed by atoms with van der Waals surface area (Å²) in [5.74, 6) is -0.0818. The molecule has 0 unspecified atom stereocenters. The number of para-hydroxylation sites is 1. The lowest BCUT2D eigenvalue weighted by Gasteiger charge is -2.15. The molecular weight excluding hydrogens is 388 g/mol. The van der Waals surface area contributed by atoms with Crippen molar-refractivity contribution in [1.29, 1.82) is 0 Å². The topological polar surface area (TPSA) is 68.7 Å². The third-order valence-electron chi connectivity index (χ3n) is 4.08. The van der Waals surface area contributed by atoms with Gasteiger partial charge in [0.15, 0.2) is 6.61 Å². The normalized spacial score (nSPS) is 11.0. The lowest BCUT2D eigenvalue weighted by molar-refractivity contribution is -0.147. The molecule has 0 aliphatic carbocycles. The molecule has 3 aromatic rings. The van der Waals surface area contributed by atoms with Crippen LogP contribution in [0.1, 0.15) is 17.5 Å². The summed E-state index contributed by atoms with van der Waals surface area (Å²) in [5, 5.41) is 0.837. The molecule has 6 nitrogen and oxygen atoms in total. The highest BCUT2D eigenvalue weighted by molar-refractivity contribution is 7.18. The molecule has 0 radical (unpaired) electrons. The number of rotatable bonds is 8. The molecule has 7 heteroatoms. The first kappa shape index (κ1) is 20.5. The van der Waals surface area contributed by atoms with Crippen LogP contribution in [0.3, 0.4) is 0 Å². The van der Waals surface area contributed by atoms with Crippen LogP contribution in [0.4, 0.5) is 0 Å². The van der Waals surface area contributed by atoms with Gasteiger partial charge in [0.05, 0.1) is 23.4 Å². The number of thiazole rings is 1. The van der Waals surface area contributed by atoms with E-state index in [1.807, 2.05) is 55.5 Å². The van der Waals surface area contributed by atoms with Crippen molar-refractivity contribution in [2.24, 2.45) is 0 Å². The fourth-order valence-corrected chi connectivity index (χ4v) is 3.60. The summed E-state index contributed by atoms with van der Waals surface area (Å²) in [6.45, 7) is 2.58. The van der Waals surface area contributed by atoms with Crippen molar-refractivity contribution in [3.05, 3.63) is 65.2 Å². The zero-order valence-electron chi connectivity index (χ0n) is 16.3. The van der Waals surface area contributed by atoms with Crippen LogP contribution in [0, 0.1) is 0 Å². The van der Waals surface area contributed by atoms with Crippen molar-refractivity contribution in [3.63, 3.8) is 0 Å². The summed E-state index contributed by atoms with van der Waals surface area (Å²) in [7, 11) is 1.66. The summed E-state index contributed by atoms with van der Waals surface area (Å²) < 4.78 is 11.5. The Kier molecular flexibility index (Phi) is 6.97. The van der Waals surface area contributed by atoms with Crippen LogP contribution in [-0.4, -0.2) is 42.0 Å². The molecule has 0 saturated heterocycles. The number of amides is 1. The fourth-order valence-electron chi connectivity index (χ4n) is 2.58. The van der Waals surface area contributed by atoms with Gasteiger partial charge in [-0.15, -0.1) is 11.3 Å². The lowest BCUT2D eigenvalue weighted by Crippen LogP contribution is -2.30. The number of esters is 1. The highest BCUT2D eigenvalue weighted by Crippen LogP contribution is 2.22. The Balaban J connectivity index is 1.46. The third kappa shape index (κ3) is 5.89. The van der Waals surface area contributed by atoms with Gasteiger partial charge in [0, 0.05) is 13.1 Å². The molecule has 0 spiro atoms. The molecule has 2 aromatic carbocycles. The van der Waals surface area contributed by atoms with E-state index in [1.54, 1.807) is 24.5 Å². The average molecular weight is 410 g/mol. The Hall–Kier alpha value is -3.19. The van der Waals surface area contributed by atoms with Gasteiger partial charge in [0.2, 0.25) is 0 Å². The molecule has 0 bridgehead atoms. The zero-order valence-corrected chi connectivity index (χ0v) is 17.1. The number of nitrogens with zero attached hydrogens (tertiary/aromatic N) is 2. The van der Waals surface area contributed by atoms with Gasteiger partial charge in [-0.05, 0) is 42.8 Å². The lowest BCUT2D eigenvalue weighted by atomic mass is 10.2. The van der Waals surface area contributed by atoms with Gasteiger partial charge >= 0.3 is 5.97 Å². The maximum atomic E-state index is 12.2.